The van der Waals surface area contributed by atoms with Crippen molar-refractivity contribution < 1.29 is 0 Å². The maximum absolute atomic E-state index is 2.67. The van der Waals surface area contributed by atoms with Gasteiger partial charge in [-0.25, -0.2) is 0 Å². The van der Waals surface area contributed by atoms with E-state index in [0.29, 0.717) is 11.3 Å². The van der Waals surface area contributed by atoms with E-state index in [1.807, 2.05) is 0 Å². The largest absolute Gasteiger partial charge is 0.0885 e. The average molecular weight is 779 g/mol. The van der Waals surface area contributed by atoms with Crippen LogP contribution >= 0.6 is 0 Å². The molecule has 0 atom stereocenters. The molecule has 0 N–H and O–H groups in total. The second kappa shape index (κ2) is 46.6. The topological polar surface area (TPSA) is 0 Å². The molecule has 0 rings (SSSR count). The Kier molecular flexibility index (Phi) is 45.8. The van der Waals surface area contributed by atoms with Crippen LogP contribution in [0.3, 0.4) is 0 Å². The summed E-state index contributed by atoms with van der Waals surface area (Å²) in [6, 6.07) is 0. The quantitative estimate of drug-likeness (QED) is 0.0426. The molecule has 56 heavy (non-hydrogen) atoms. The number of hydrogen-bond acceptors (Lipinski definition) is 0. The van der Waals surface area contributed by atoms with E-state index >= 15 is 0 Å². The van der Waals surface area contributed by atoms with Crippen molar-refractivity contribution in [2.45, 2.75) is 298 Å². The first-order valence-corrected chi connectivity index (χ1v) is 26.3. The summed E-state index contributed by atoms with van der Waals surface area (Å²) in [5.74, 6) is 0.714. The highest BCUT2D eigenvalue weighted by Crippen LogP contribution is 2.46. The molecule has 0 unspecified atom stereocenters. The summed E-state index contributed by atoms with van der Waals surface area (Å²) >= 11 is 0. The third kappa shape index (κ3) is 37.2. The normalized spacial score (nSPS) is 12.7. The van der Waals surface area contributed by atoms with Gasteiger partial charge in [0.1, 0.15) is 0 Å². The Morgan fingerprint density at radius 3 is 0.821 bits per heavy atom. The van der Waals surface area contributed by atoms with Crippen LogP contribution in [0.1, 0.15) is 298 Å². The molecule has 0 aliphatic rings. The Balaban J connectivity index is 5.98. The van der Waals surface area contributed by atoms with E-state index in [9.17, 15) is 0 Å². The molecule has 0 fully saturated rings. The molecule has 0 bridgehead atoms. The van der Waals surface area contributed by atoms with Gasteiger partial charge in [0.05, 0.1) is 0 Å². The molecule has 0 heteroatoms. The summed E-state index contributed by atoms with van der Waals surface area (Å²) in [5.41, 5.74) is 0.354. The van der Waals surface area contributed by atoms with Crippen molar-refractivity contribution in [1.82, 2.24) is 0 Å². The Morgan fingerprint density at radius 1 is 0.268 bits per heavy atom. The fourth-order valence-electron chi connectivity index (χ4n) is 8.83. The molecule has 0 saturated carbocycles. The van der Waals surface area contributed by atoms with E-state index in [4.69, 9.17) is 0 Å². The molecule has 0 aromatic heterocycles. The van der Waals surface area contributed by atoms with E-state index in [0.717, 1.165) is 0 Å². The van der Waals surface area contributed by atoms with E-state index in [1.54, 1.807) is 0 Å². The molecule has 0 heterocycles. The van der Waals surface area contributed by atoms with E-state index in [1.165, 1.54) is 263 Å². The molecule has 0 spiro atoms. The maximum atomic E-state index is 2.67. The lowest BCUT2D eigenvalue weighted by Gasteiger charge is -2.40. The first-order valence-electron chi connectivity index (χ1n) is 26.3. The van der Waals surface area contributed by atoms with Gasteiger partial charge in [-0.05, 0) is 94.8 Å². The highest BCUT2D eigenvalue weighted by atomic mass is 14.4. The van der Waals surface area contributed by atoms with Crippen LogP contribution < -0.4 is 0 Å². The first-order chi connectivity index (χ1) is 27.7. The summed E-state index contributed by atoms with van der Waals surface area (Å²) < 4.78 is 0. The average Bonchev–Trinajstić information content (AvgIpc) is 3.21. The zero-order valence-corrected chi connectivity index (χ0v) is 39.7. The van der Waals surface area contributed by atoms with Crippen molar-refractivity contribution in [3.63, 3.8) is 0 Å². The number of rotatable bonds is 46. The zero-order valence-electron chi connectivity index (χ0n) is 39.7. The highest BCUT2D eigenvalue weighted by Gasteiger charge is 2.35. The lowest BCUT2D eigenvalue weighted by atomic mass is 9.64. The van der Waals surface area contributed by atoms with Crippen LogP contribution in [0.2, 0.25) is 0 Å². The summed E-state index contributed by atoms with van der Waals surface area (Å²) in [6.07, 6.45) is 77.4. The Morgan fingerprint density at radius 2 is 0.518 bits per heavy atom. The van der Waals surface area contributed by atoms with Crippen LogP contribution in [0.4, 0.5) is 0 Å². The van der Waals surface area contributed by atoms with Gasteiger partial charge >= 0.3 is 0 Å². The summed E-state index contributed by atoms with van der Waals surface area (Å²) in [4.78, 5) is 0. The van der Waals surface area contributed by atoms with Crippen LogP contribution in [-0.2, 0) is 0 Å². The van der Waals surface area contributed by atoms with Gasteiger partial charge in [-0.3, -0.25) is 0 Å². The zero-order chi connectivity index (χ0) is 40.7. The Bertz CT molecular complexity index is 788. The maximum Gasteiger partial charge on any atom is -0.0194 e. The van der Waals surface area contributed by atoms with Gasteiger partial charge in [0.2, 0.25) is 0 Å². The van der Waals surface area contributed by atoms with Crippen molar-refractivity contribution in [1.29, 1.82) is 0 Å². The summed E-state index contributed by atoms with van der Waals surface area (Å²) in [7, 11) is 0. The van der Waals surface area contributed by atoms with Crippen molar-refractivity contribution in [3.05, 3.63) is 48.6 Å². The van der Waals surface area contributed by atoms with Gasteiger partial charge in [0.15, 0.2) is 0 Å². The van der Waals surface area contributed by atoms with Gasteiger partial charge in [0, 0.05) is 0 Å². The standard InChI is InChI=1S/C56H106/c1-6-11-16-21-26-31-32-33-34-39-44-49-54-56(52-47-42-37-29-24-19-14-9-4,53-48-43-38-30-25-20-15-10-5)55(50-45-40-35-27-22-17-12-7-2)51-46-41-36-28-23-18-13-8-3/h40-43,45-48,55H,6-39,44,49-54H2,1-5H3/b45-40+,46-41+,47-42+,48-43+. The molecule has 0 aliphatic carbocycles. The molecule has 330 valence electrons. The monoisotopic (exact) mass is 779 g/mol. The molecule has 0 nitrogen and oxygen atoms in total. The van der Waals surface area contributed by atoms with Crippen molar-refractivity contribution in [2.75, 3.05) is 0 Å². The van der Waals surface area contributed by atoms with Gasteiger partial charge in [0.25, 0.3) is 0 Å². The van der Waals surface area contributed by atoms with Crippen molar-refractivity contribution >= 4 is 0 Å². The minimum absolute atomic E-state index is 0.354. The van der Waals surface area contributed by atoms with Crippen LogP contribution in [0.5, 0.6) is 0 Å². The Labute approximate surface area is 356 Å². The minimum Gasteiger partial charge on any atom is -0.0885 e. The smallest absolute Gasteiger partial charge is 0.0194 e. The predicted molar refractivity (Wildman–Crippen MR) is 260 cm³/mol. The summed E-state index contributed by atoms with van der Waals surface area (Å²) in [5, 5.41) is 0. The van der Waals surface area contributed by atoms with Gasteiger partial charge < -0.3 is 0 Å². The fraction of sp³-hybridized carbons (Fsp3) is 0.857. The third-order valence-corrected chi connectivity index (χ3v) is 12.8. The van der Waals surface area contributed by atoms with Gasteiger partial charge in [-0.2, -0.15) is 0 Å². The molecule has 0 saturated heterocycles. The van der Waals surface area contributed by atoms with Crippen molar-refractivity contribution in [3.8, 4) is 0 Å². The SMILES string of the molecule is CCCCCCC/C=C/CC(C/C=C/CCCCCCC)C(C/C=C/CCCCCCC)(C/C=C/CCCCCCC)CCCCCCCCCCCCCC. The Hall–Kier alpha value is -1.04. The van der Waals surface area contributed by atoms with E-state index in [2.05, 4.69) is 83.2 Å². The molecule has 0 radical (unpaired) electrons. The van der Waals surface area contributed by atoms with E-state index < -0.39 is 0 Å². The minimum atomic E-state index is 0.354. The second-order valence-electron chi connectivity index (χ2n) is 18.3. The summed E-state index contributed by atoms with van der Waals surface area (Å²) in [6.45, 7) is 11.6. The fourth-order valence-corrected chi connectivity index (χ4v) is 8.83. The molecular weight excluding hydrogens is 673 g/mol. The van der Waals surface area contributed by atoms with Crippen LogP contribution in [0.15, 0.2) is 48.6 Å². The predicted octanol–water partition coefficient (Wildman–Crippen LogP) is 20.9. The number of allylic oxidation sites excluding steroid dienone is 8. The number of unbranched alkanes of at least 4 members (excludes halogenated alkanes) is 31. The molecule has 0 amide bonds. The molecular formula is C56H106. The molecule has 0 aliphatic heterocycles. The van der Waals surface area contributed by atoms with Crippen LogP contribution in [0.25, 0.3) is 0 Å². The second-order valence-corrected chi connectivity index (χ2v) is 18.3. The number of hydrogen-bond donors (Lipinski definition) is 0. The highest BCUT2D eigenvalue weighted by molar-refractivity contribution is 5.04. The van der Waals surface area contributed by atoms with Crippen LogP contribution in [0, 0.1) is 11.3 Å². The first kappa shape index (κ1) is 55.0. The molecule has 0 aromatic carbocycles. The third-order valence-electron chi connectivity index (χ3n) is 12.8. The van der Waals surface area contributed by atoms with Gasteiger partial charge in [-0.15, -0.1) is 0 Å². The van der Waals surface area contributed by atoms with Crippen LogP contribution in [-0.4, -0.2) is 0 Å². The van der Waals surface area contributed by atoms with Gasteiger partial charge in [-0.1, -0.05) is 263 Å². The lowest BCUT2D eigenvalue weighted by molar-refractivity contribution is 0.144. The lowest BCUT2D eigenvalue weighted by Crippen LogP contribution is -2.30. The molecule has 0 aromatic rings. The van der Waals surface area contributed by atoms with Crippen molar-refractivity contribution in [2.24, 2.45) is 11.3 Å². The van der Waals surface area contributed by atoms with E-state index in [-0.39, 0.29) is 0 Å².